The number of para-hydroxylation sites is 1. The summed E-state index contributed by atoms with van der Waals surface area (Å²) in [6, 6.07) is 14.9. The van der Waals surface area contributed by atoms with Gasteiger partial charge in [0.1, 0.15) is 12.4 Å². The highest BCUT2D eigenvalue weighted by atomic mass is 79.9. The first-order valence-corrected chi connectivity index (χ1v) is 13.5. The third-order valence-electron chi connectivity index (χ3n) is 5.96. The average molecular weight is 595 g/mol. The van der Waals surface area contributed by atoms with Crippen LogP contribution >= 0.6 is 27.5 Å². The molecular formula is C30H29BrClN3O3. The van der Waals surface area contributed by atoms with E-state index < -0.39 is 0 Å². The normalized spacial score (nSPS) is 11.4. The van der Waals surface area contributed by atoms with E-state index in [0.717, 1.165) is 22.4 Å². The van der Waals surface area contributed by atoms with Crippen molar-refractivity contribution in [2.45, 2.75) is 33.6 Å². The predicted octanol–water partition coefficient (Wildman–Crippen LogP) is 7.76. The maximum absolute atomic E-state index is 13.7. The molecule has 0 spiro atoms. The molecule has 0 saturated heterocycles. The summed E-state index contributed by atoms with van der Waals surface area (Å²) in [5.74, 6) is 2.00. The summed E-state index contributed by atoms with van der Waals surface area (Å²) in [5.41, 5.74) is 3.80. The van der Waals surface area contributed by atoms with Crippen LogP contribution in [0.5, 0.6) is 11.5 Å². The first kappa shape index (κ1) is 27.6. The Morgan fingerprint density at radius 3 is 2.63 bits per heavy atom. The van der Waals surface area contributed by atoms with Crippen LogP contribution < -0.4 is 15.0 Å². The number of hydrogen-bond acceptors (Lipinski definition) is 5. The van der Waals surface area contributed by atoms with Gasteiger partial charge in [-0.05, 0) is 88.8 Å². The zero-order valence-corrected chi connectivity index (χ0v) is 24.1. The topological polar surface area (TPSA) is 65.7 Å². The molecule has 0 aliphatic heterocycles. The fourth-order valence-electron chi connectivity index (χ4n) is 4.13. The maximum atomic E-state index is 13.7. The summed E-state index contributed by atoms with van der Waals surface area (Å²) in [6.45, 7) is 12.7. The monoisotopic (exact) mass is 593 g/mol. The fraction of sp³-hybridized carbons (Fsp3) is 0.233. The molecule has 0 atom stereocenters. The van der Waals surface area contributed by atoms with Crippen molar-refractivity contribution in [1.82, 2.24) is 9.66 Å². The summed E-state index contributed by atoms with van der Waals surface area (Å²) in [6.07, 6.45) is 3.23. The lowest BCUT2D eigenvalue weighted by Crippen LogP contribution is -2.21. The minimum absolute atomic E-state index is 0.210. The standard InChI is InChI=1S/C30H29BrClN3O3/c1-6-12-38-28-24(31)14-20(15-25(28)32)17-33-35-29(34-26-11-9-8-10-21(26)30(35)36)23-16-22(18(3)4)27(37-7-2)13-19(23)5/h6,8-11,13-18H,1,7,12H2,2-5H3. The molecule has 0 N–H and O–H groups in total. The third kappa shape index (κ3) is 5.69. The van der Waals surface area contributed by atoms with Crippen molar-refractivity contribution in [1.29, 1.82) is 0 Å². The smallest absolute Gasteiger partial charge is 0.282 e. The van der Waals surface area contributed by atoms with Crippen LogP contribution in [0.3, 0.4) is 0 Å². The van der Waals surface area contributed by atoms with Gasteiger partial charge in [0, 0.05) is 5.56 Å². The summed E-state index contributed by atoms with van der Waals surface area (Å²) in [4.78, 5) is 18.6. The summed E-state index contributed by atoms with van der Waals surface area (Å²) in [5, 5.41) is 5.49. The number of benzene rings is 3. The number of rotatable bonds is 9. The van der Waals surface area contributed by atoms with Crippen LogP contribution in [0.15, 0.2) is 75.6 Å². The van der Waals surface area contributed by atoms with Crippen molar-refractivity contribution >= 4 is 44.6 Å². The van der Waals surface area contributed by atoms with E-state index in [1.165, 1.54) is 4.68 Å². The van der Waals surface area contributed by atoms with E-state index >= 15 is 0 Å². The van der Waals surface area contributed by atoms with Gasteiger partial charge in [-0.2, -0.15) is 9.78 Å². The lowest BCUT2D eigenvalue weighted by Gasteiger charge is -2.18. The first-order chi connectivity index (χ1) is 18.2. The second-order valence-electron chi connectivity index (χ2n) is 9.02. The number of ether oxygens (including phenoxy) is 2. The molecule has 196 valence electrons. The molecular weight excluding hydrogens is 566 g/mol. The van der Waals surface area contributed by atoms with Gasteiger partial charge in [-0.25, -0.2) is 4.98 Å². The largest absolute Gasteiger partial charge is 0.494 e. The highest BCUT2D eigenvalue weighted by molar-refractivity contribution is 9.10. The van der Waals surface area contributed by atoms with Crippen molar-refractivity contribution in [2.75, 3.05) is 13.2 Å². The van der Waals surface area contributed by atoms with E-state index in [9.17, 15) is 4.79 Å². The SMILES string of the molecule is C=CCOc1c(Cl)cc(C=Nn2c(-c3cc(C(C)C)c(OCC)cc3C)nc3ccccc3c2=O)cc1Br. The molecule has 0 amide bonds. The van der Waals surface area contributed by atoms with Gasteiger partial charge >= 0.3 is 0 Å². The van der Waals surface area contributed by atoms with Gasteiger partial charge in [0.25, 0.3) is 5.56 Å². The molecule has 0 aliphatic carbocycles. The van der Waals surface area contributed by atoms with Crippen LogP contribution in [-0.2, 0) is 0 Å². The molecule has 0 aliphatic rings. The lowest BCUT2D eigenvalue weighted by molar-refractivity contribution is 0.335. The predicted molar refractivity (Wildman–Crippen MR) is 159 cm³/mol. The summed E-state index contributed by atoms with van der Waals surface area (Å²) >= 11 is 9.96. The van der Waals surface area contributed by atoms with E-state index in [0.29, 0.717) is 50.7 Å². The molecule has 6 nitrogen and oxygen atoms in total. The molecule has 0 bridgehead atoms. The van der Waals surface area contributed by atoms with Crippen LogP contribution in [0.1, 0.15) is 43.4 Å². The summed E-state index contributed by atoms with van der Waals surface area (Å²) in [7, 11) is 0. The number of nitrogens with zero attached hydrogens (tertiary/aromatic N) is 3. The molecule has 0 radical (unpaired) electrons. The Hall–Kier alpha value is -3.42. The average Bonchev–Trinajstić information content (AvgIpc) is 2.88. The Labute approximate surface area is 235 Å². The molecule has 4 aromatic rings. The van der Waals surface area contributed by atoms with E-state index in [-0.39, 0.29) is 11.5 Å². The lowest BCUT2D eigenvalue weighted by atomic mass is 9.96. The Morgan fingerprint density at radius 1 is 1.18 bits per heavy atom. The van der Waals surface area contributed by atoms with Crippen LogP contribution in [-0.4, -0.2) is 29.1 Å². The van der Waals surface area contributed by atoms with Crippen LogP contribution in [0.25, 0.3) is 22.3 Å². The Morgan fingerprint density at radius 2 is 1.95 bits per heavy atom. The molecule has 1 aromatic heterocycles. The van der Waals surface area contributed by atoms with E-state index in [1.807, 2.05) is 50.2 Å². The van der Waals surface area contributed by atoms with Gasteiger partial charge in [-0.3, -0.25) is 4.79 Å². The quantitative estimate of drug-likeness (QED) is 0.147. The Balaban J connectivity index is 1.91. The molecule has 0 unspecified atom stereocenters. The Bertz CT molecular complexity index is 1570. The zero-order valence-electron chi connectivity index (χ0n) is 21.8. The van der Waals surface area contributed by atoms with Gasteiger partial charge < -0.3 is 9.47 Å². The van der Waals surface area contributed by atoms with Gasteiger partial charge in [0.05, 0.1) is 33.2 Å². The van der Waals surface area contributed by atoms with Crippen molar-refractivity contribution < 1.29 is 9.47 Å². The highest BCUT2D eigenvalue weighted by Gasteiger charge is 2.18. The zero-order chi connectivity index (χ0) is 27.4. The second-order valence-corrected chi connectivity index (χ2v) is 10.3. The maximum Gasteiger partial charge on any atom is 0.282 e. The van der Waals surface area contributed by atoms with E-state index in [4.69, 9.17) is 26.1 Å². The molecule has 1 heterocycles. The molecule has 3 aromatic carbocycles. The number of hydrogen-bond donors (Lipinski definition) is 0. The highest BCUT2D eigenvalue weighted by Crippen LogP contribution is 2.35. The number of halogens is 2. The van der Waals surface area contributed by atoms with Crippen molar-refractivity contribution in [3.05, 3.63) is 97.7 Å². The molecule has 38 heavy (non-hydrogen) atoms. The van der Waals surface area contributed by atoms with Gasteiger partial charge in [-0.15, -0.1) is 0 Å². The van der Waals surface area contributed by atoms with E-state index in [2.05, 4.69) is 41.5 Å². The fourth-order valence-corrected chi connectivity index (χ4v) is 5.12. The van der Waals surface area contributed by atoms with Crippen LogP contribution in [0, 0.1) is 6.92 Å². The molecule has 8 heteroatoms. The van der Waals surface area contributed by atoms with Gasteiger partial charge in [0.2, 0.25) is 0 Å². The van der Waals surface area contributed by atoms with Gasteiger partial charge in [-0.1, -0.05) is 50.2 Å². The second kappa shape index (κ2) is 12.0. The van der Waals surface area contributed by atoms with Crippen LogP contribution in [0.2, 0.25) is 5.02 Å². The molecule has 0 fully saturated rings. The minimum Gasteiger partial charge on any atom is -0.494 e. The van der Waals surface area contributed by atoms with Crippen molar-refractivity contribution in [3.8, 4) is 22.9 Å². The minimum atomic E-state index is -0.266. The Kier molecular flexibility index (Phi) is 8.69. The molecule has 0 saturated carbocycles. The summed E-state index contributed by atoms with van der Waals surface area (Å²) < 4.78 is 13.6. The number of aromatic nitrogens is 2. The van der Waals surface area contributed by atoms with Gasteiger partial charge in [0.15, 0.2) is 11.6 Å². The van der Waals surface area contributed by atoms with Crippen molar-refractivity contribution in [2.24, 2.45) is 5.10 Å². The van der Waals surface area contributed by atoms with Crippen molar-refractivity contribution in [3.63, 3.8) is 0 Å². The third-order valence-corrected chi connectivity index (χ3v) is 6.83. The van der Waals surface area contributed by atoms with E-state index in [1.54, 1.807) is 24.4 Å². The number of fused-ring (bicyclic) bond motifs is 1. The van der Waals surface area contributed by atoms with Crippen LogP contribution in [0.4, 0.5) is 0 Å². The molecule has 4 rings (SSSR count). The number of aryl methyl sites for hydroxylation is 1. The first-order valence-electron chi connectivity index (χ1n) is 12.3.